The number of rotatable bonds is 7. The van der Waals surface area contributed by atoms with Gasteiger partial charge in [0.2, 0.25) is 5.88 Å². The standard InChI is InChI=1S/C25H32N6O2/c1-33-23-7-6-21-24(30-23)20(8-12-26-21)22(32)16-31-13-9-18(10-14-31)28-15-19-5-4-17-3-2-11-27-25(17)29-19/h4-8,12,18,22,28,32H,2-3,9-11,13-16H2,1H3,(H,27,29). The molecule has 5 heterocycles. The predicted octanol–water partition coefficient (Wildman–Crippen LogP) is 2.68. The average Bonchev–Trinajstić information content (AvgIpc) is 2.87. The normalized spacial score (nSPS) is 18.0. The number of nitrogens with one attached hydrogen (secondary N) is 2. The van der Waals surface area contributed by atoms with E-state index in [0.29, 0.717) is 24.0 Å². The molecule has 3 aromatic rings. The van der Waals surface area contributed by atoms with Gasteiger partial charge in [0.1, 0.15) is 5.82 Å². The molecule has 8 nitrogen and oxygen atoms in total. The Morgan fingerprint density at radius 2 is 2.06 bits per heavy atom. The number of nitrogens with zero attached hydrogens (tertiary/aromatic N) is 4. The fourth-order valence-electron chi connectivity index (χ4n) is 4.79. The molecular weight excluding hydrogens is 416 g/mol. The van der Waals surface area contributed by atoms with Crippen LogP contribution in [0.3, 0.4) is 0 Å². The fraction of sp³-hybridized carbons (Fsp3) is 0.480. The number of β-amino-alcohol motifs (C(OH)–C–C–N with tert-alkyl or cyclic N) is 1. The number of aliphatic hydroxyl groups is 1. The lowest BCUT2D eigenvalue weighted by Gasteiger charge is -2.33. The smallest absolute Gasteiger partial charge is 0.213 e. The summed E-state index contributed by atoms with van der Waals surface area (Å²) in [5, 5.41) is 18.1. The van der Waals surface area contributed by atoms with Gasteiger partial charge in [0.05, 0.1) is 29.9 Å². The van der Waals surface area contributed by atoms with Crippen molar-refractivity contribution in [3.63, 3.8) is 0 Å². The van der Waals surface area contributed by atoms with E-state index in [1.165, 1.54) is 12.0 Å². The van der Waals surface area contributed by atoms with Crippen molar-refractivity contribution in [2.24, 2.45) is 0 Å². The van der Waals surface area contributed by atoms with Gasteiger partial charge in [-0.2, -0.15) is 0 Å². The summed E-state index contributed by atoms with van der Waals surface area (Å²) in [6.07, 6.45) is 5.52. The lowest BCUT2D eigenvalue weighted by atomic mass is 10.0. The van der Waals surface area contributed by atoms with E-state index < -0.39 is 6.10 Å². The molecule has 174 valence electrons. The number of likely N-dealkylation sites (tertiary alicyclic amines) is 1. The summed E-state index contributed by atoms with van der Waals surface area (Å²) in [5.74, 6) is 1.58. The first-order valence-corrected chi connectivity index (χ1v) is 11.9. The van der Waals surface area contributed by atoms with E-state index in [1.54, 1.807) is 19.4 Å². The molecule has 3 aromatic heterocycles. The predicted molar refractivity (Wildman–Crippen MR) is 128 cm³/mol. The van der Waals surface area contributed by atoms with E-state index in [4.69, 9.17) is 9.72 Å². The average molecular weight is 449 g/mol. The molecule has 0 saturated carbocycles. The fourth-order valence-corrected chi connectivity index (χ4v) is 4.79. The summed E-state index contributed by atoms with van der Waals surface area (Å²) < 4.78 is 5.26. The highest BCUT2D eigenvalue weighted by Gasteiger charge is 2.23. The molecule has 0 spiro atoms. The van der Waals surface area contributed by atoms with Crippen molar-refractivity contribution < 1.29 is 9.84 Å². The van der Waals surface area contributed by atoms with Crippen LogP contribution < -0.4 is 15.4 Å². The van der Waals surface area contributed by atoms with Crippen LogP contribution in [0.4, 0.5) is 5.82 Å². The van der Waals surface area contributed by atoms with Gasteiger partial charge in [-0.1, -0.05) is 6.07 Å². The maximum atomic E-state index is 11.0. The van der Waals surface area contributed by atoms with Crippen molar-refractivity contribution in [3.05, 3.63) is 53.3 Å². The van der Waals surface area contributed by atoms with Gasteiger partial charge in [-0.05, 0) is 62.5 Å². The number of ether oxygens (including phenoxy) is 1. The Kier molecular flexibility index (Phi) is 6.66. The number of fused-ring (bicyclic) bond motifs is 2. The monoisotopic (exact) mass is 448 g/mol. The van der Waals surface area contributed by atoms with Crippen LogP contribution in [0.1, 0.15) is 42.2 Å². The minimum absolute atomic E-state index is 0.469. The third-order valence-electron chi connectivity index (χ3n) is 6.70. The molecule has 3 N–H and O–H groups in total. The largest absolute Gasteiger partial charge is 0.481 e. The SMILES string of the molecule is COc1ccc2nccc(C(O)CN3CCC(NCc4ccc5c(n4)NCCC5)CC3)c2n1. The van der Waals surface area contributed by atoms with Gasteiger partial charge < -0.3 is 25.4 Å². The van der Waals surface area contributed by atoms with Crippen LogP contribution in [0.25, 0.3) is 11.0 Å². The van der Waals surface area contributed by atoms with Gasteiger partial charge in [0.15, 0.2) is 0 Å². The number of hydrogen-bond acceptors (Lipinski definition) is 8. The van der Waals surface area contributed by atoms with Crippen LogP contribution in [-0.2, 0) is 13.0 Å². The van der Waals surface area contributed by atoms with Crippen molar-refractivity contribution in [2.75, 3.05) is 38.6 Å². The molecule has 33 heavy (non-hydrogen) atoms. The van der Waals surface area contributed by atoms with Gasteiger partial charge in [0, 0.05) is 43.5 Å². The summed E-state index contributed by atoms with van der Waals surface area (Å²) in [4.78, 5) is 16.0. The summed E-state index contributed by atoms with van der Waals surface area (Å²) in [6.45, 7) is 4.29. The van der Waals surface area contributed by atoms with E-state index in [-0.39, 0.29) is 0 Å². The van der Waals surface area contributed by atoms with Crippen LogP contribution in [0.5, 0.6) is 5.88 Å². The molecule has 0 aromatic carbocycles. The molecule has 1 atom stereocenters. The molecule has 0 radical (unpaired) electrons. The van der Waals surface area contributed by atoms with Crippen molar-refractivity contribution in [1.82, 2.24) is 25.2 Å². The molecule has 0 amide bonds. The van der Waals surface area contributed by atoms with Crippen LogP contribution in [0, 0.1) is 0 Å². The molecule has 2 aliphatic rings. The molecule has 8 heteroatoms. The number of hydrogen-bond donors (Lipinski definition) is 3. The van der Waals surface area contributed by atoms with E-state index in [0.717, 1.165) is 68.0 Å². The summed E-state index contributed by atoms with van der Waals surface area (Å²) in [6, 6.07) is 10.3. The second kappa shape index (κ2) is 9.99. The Morgan fingerprint density at radius 1 is 1.18 bits per heavy atom. The third-order valence-corrected chi connectivity index (χ3v) is 6.70. The first-order valence-electron chi connectivity index (χ1n) is 11.9. The van der Waals surface area contributed by atoms with Gasteiger partial charge >= 0.3 is 0 Å². The number of piperidine rings is 1. The summed E-state index contributed by atoms with van der Waals surface area (Å²) in [5.41, 5.74) is 4.68. The molecule has 0 aliphatic carbocycles. The highest BCUT2D eigenvalue weighted by molar-refractivity contribution is 5.78. The van der Waals surface area contributed by atoms with E-state index in [9.17, 15) is 5.11 Å². The zero-order valence-corrected chi connectivity index (χ0v) is 19.1. The van der Waals surface area contributed by atoms with Gasteiger partial charge in [-0.3, -0.25) is 4.98 Å². The third kappa shape index (κ3) is 5.08. The van der Waals surface area contributed by atoms with Crippen LogP contribution in [-0.4, -0.2) is 64.3 Å². The molecule has 0 bridgehead atoms. The molecular formula is C25H32N6O2. The maximum Gasteiger partial charge on any atom is 0.213 e. The molecule has 1 unspecified atom stereocenters. The molecule has 2 aliphatic heterocycles. The number of aromatic nitrogens is 3. The number of pyridine rings is 3. The van der Waals surface area contributed by atoms with Crippen molar-refractivity contribution >= 4 is 16.9 Å². The Hall–Kier alpha value is -2.81. The first kappa shape index (κ1) is 22.0. The van der Waals surface area contributed by atoms with Gasteiger partial charge in [-0.15, -0.1) is 0 Å². The highest BCUT2D eigenvalue weighted by atomic mass is 16.5. The summed E-state index contributed by atoms with van der Waals surface area (Å²) in [7, 11) is 1.59. The highest BCUT2D eigenvalue weighted by Crippen LogP contribution is 2.25. The molecule has 1 fully saturated rings. The minimum atomic E-state index is -0.619. The maximum absolute atomic E-state index is 11.0. The lowest BCUT2D eigenvalue weighted by Crippen LogP contribution is -2.43. The number of aliphatic hydroxyl groups excluding tert-OH is 1. The van der Waals surface area contributed by atoms with E-state index in [1.807, 2.05) is 12.1 Å². The topological polar surface area (TPSA) is 95.4 Å². The Morgan fingerprint density at radius 3 is 2.91 bits per heavy atom. The minimum Gasteiger partial charge on any atom is -0.481 e. The number of anilines is 1. The van der Waals surface area contributed by atoms with Crippen LogP contribution >= 0.6 is 0 Å². The Balaban J connectivity index is 1.14. The van der Waals surface area contributed by atoms with E-state index >= 15 is 0 Å². The lowest BCUT2D eigenvalue weighted by molar-refractivity contribution is 0.0947. The van der Waals surface area contributed by atoms with Gasteiger partial charge in [0.25, 0.3) is 0 Å². The van der Waals surface area contributed by atoms with Crippen LogP contribution in [0.15, 0.2) is 36.5 Å². The molecule has 5 rings (SSSR count). The van der Waals surface area contributed by atoms with Gasteiger partial charge in [-0.25, -0.2) is 9.97 Å². The zero-order valence-electron chi connectivity index (χ0n) is 19.1. The second-order valence-electron chi connectivity index (χ2n) is 8.93. The Labute approximate surface area is 194 Å². The quantitative estimate of drug-likeness (QED) is 0.508. The van der Waals surface area contributed by atoms with Crippen molar-refractivity contribution in [3.8, 4) is 5.88 Å². The zero-order chi connectivity index (χ0) is 22.6. The van der Waals surface area contributed by atoms with Crippen molar-refractivity contribution in [2.45, 2.75) is 44.4 Å². The van der Waals surface area contributed by atoms with Crippen LogP contribution in [0.2, 0.25) is 0 Å². The molecule has 1 saturated heterocycles. The number of methoxy groups -OCH3 is 1. The second-order valence-corrected chi connectivity index (χ2v) is 8.93. The number of aryl methyl sites for hydroxylation is 1. The van der Waals surface area contributed by atoms with E-state index in [2.05, 4.69) is 37.6 Å². The summed E-state index contributed by atoms with van der Waals surface area (Å²) >= 11 is 0. The first-order chi connectivity index (χ1) is 16.2. The Bertz CT molecular complexity index is 1100. The van der Waals surface area contributed by atoms with Crippen molar-refractivity contribution in [1.29, 1.82) is 0 Å².